The van der Waals surface area contributed by atoms with Crippen LogP contribution in [0.25, 0.3) is 11.0 Å². The Morgan fingerprint density at radius 3 is 2.79 bits per heavy atom. The summed E-state index contributed by atoms with van der Waals surface area (Å²) in [5, 5.41) is 6.10. The van der Waals surface area contributed by atoms with Crippen LogP contribution in [0.15, 0.2) is 60.7 Å². The van der Waals surface area contributed by atoms with Crippen molar-refractivity contribution in [1.29, 1.82) is 0 Å². The second kappa shape index (κ2) is 9.19. The molecule has 1 aliphatic heterocycles. The molecule has 5 rings (SSSR count). The Hall–Kier alpha value is -3.84. The smallest absolute Gasteiger partial charge is 0.251 e. The summed E-state index contributed by atoms with van der Waals surface area (Å²) in [7, 11) is 3.60. The number of fused-ring (bicyclic) bond motifs is 1. The van der Waals surface area contributed by atoms with Crippen molar-refractivity contribution in [2.75, 3.05) is 25.6 Å². The molecule has 1 amide bonds. The molecule has 178 valence electrons. The highest BCUT2D eigenvalue weighted by Gasteiger charge is 2.20. The van der Waals surface area contributed by atoms with E-state index in [0.29, 0.717) is 23.0 Å². The molecule has 34 heavy (non-hydrogen) atoms. The lowest BCUT2D eigenvalue weighted by atomic mass is 9.94. The summed E-state index contributed by atoms with van der Waals surface area (Å²) in [6.07, 6.45) is 1.06. The molecular weight excluding hydrogens is 428 g/mol. The van der Waals surface area contributed by atoms with Gasteiger partial charge in [0, 0.05) is 46.8 Å². The van der Waals surface area contributed by atoms with Crippen molar-refractivity contribution in [2.24, 2.45) is 7.05 Å². The molecule has 3 aromatic carbocycles. The van der Waals surface area contributed by atoms with Crippen molar-refractivity contribution < 1.29 is 17.1 Å². The molecule has 1 atom stereocenters. The van der Waals surface area contributed by atoms with Gasteiger partial charge in [0.05, 0.1) is 17.6 Å². The second-order valence-electron chi connectivity index (χ2n) is 8.61. The molecule has 0 bridgehead atoms. The van der Waals surface area contributed by atoms with Crippen LogP contribution in [0.3, 0.4) is 0 Å². The zero-order valence-corrected chi connectivity index (χ0v) is 19.6. The van der Waals surface area contributed by atoms with Gasteiger partial charge in [-0.2, -0.15) is 0 Å². The number of anilines is 2. The van der Waals surface area contributed by atoms with Crippen molar-refractivity contribution in [2.45, 2.75) is 19.3 Å². The van der Waals surface area contributed by atoms with Gasteiger partial charge in [-0.05, 0) is 66.9 Å². The maximum absolute atomic E-state index is 11.9. The predicted molar refractivity (Wildman–Crippen MR) is 137 cm³/mol. The zero-order chi connectivity index (χ0) is 23.7. The first-order valence-electron chi connectivity index (χ1n) is 11.4. The monoisotopic (exact) mass is 460 g/mol. The van der Waals surface area contributed by atoms with Crippen molar-refractivity contribution >= 4 is 28.6 Å². The number of aryl methyl sites for hydroxylation is 2. The van der Waals surface area contributed by atoms with Crippen LogP contribution in [-0.2, 0) is 11.8 Å². The van der Waals surface area contributed by atoms with Gasteiger partial charge in [-0.25, -0.2) is 4.98 Å². The molecule has 1 aromatic heterocycles. The fraction of sp³-hybridized carbons (Fsp3) is 0.259. The minimum absolute atomic E-state index is 0. The molecule has 7 heteroatoms. The van der Waals surface area contributed by atoms with Crippen molar-refractivity contribution in [1.82, 2.24) is 14.9 Å². The summed E-state index contributed by atoms with van der Waals surface area (Å²) in [6, 6.07) is 19.3. The second-order valence-corrected chi connectivity index (χ2v) is 8.61. The fourth-order valence-electron chi connectivity index (χ4n) is 4.40. The third-order valence-electron chi connectivity index (χ3n) is 6.32. The lowest BCUT2D eigenvalue weighted by Crippen LogP contribution is -2.17. The number of ether oxygens (including phenoxy) is 2. The number of rotatable bonds is 6. The van der Waals surface area contributed by atoms with Crippen LogP contribution >= 0.6 is 0 Å². The van der Waals surface area contributed by atoms with Gasteiger partial charge in [0.1, 0.15) is 11.5 Å². The molecule has 7 nitrogen and oxygen atoms in total. The predicted octanol–water partition coefficient (Wildman–Crippen LogP) is 5.77. The van der Waals surface area contributed by atoms with Gasteiger partial charge in [-0.3, -0.25) is 4.79 Å². The molecule has 2 N–H and O–H groups in total. The Morgan fingerprint density at radius 2 is 2.00 bits per heavy atom. The van der Waals surface area contributed by atoms with Crippen LogP contribution in [0.1, 0.15) is 36.7 Å². The SMILES string of the molecule is CNC(=O)c1cccc(Oc2ccc3c(c2)nc(Nc2ccc(C)c(C4CCOC4)c2)n3C)c1.[HH].[HH]. The Kier molecular flexibility index (Phi) is 5.94. The number of carbonyl (C=O) groups is 1. The number of nitrogens with zero attached hydrogens (tertiary/aromatic N) is 2. The standard InChI is InChI=1S/C27H28N4O3.2H2/c1-17-7-8-20(14-23(17)19-11-12-33-16-19)29-27-30-24-15-22(9-10-25(24)31(27)3)34-21-6-4-5-18(13-21)26(32)28-2;;/h4-10,13-15,19H,11-12,16H2,1-3H3,(H,28,32)(H,29,30);2*1H. The number of nitrogens with one attached hydrogen (secondary N) is 2. The summed E-state index contributed by atoms with van der Waals surface area (Å²) < 4.78 is 13.6. The maximum atomic E-state index is 11.9. The number of carbonyl (C=O) groups excluding carboxylic acids is 1. The maximum Gasteiger partial charge on any atom is 0.251 e. The lowest BCUT2D eigenvalue weighted by molar-refractivity contribution is 0.0963. The quantitative estimate of drug-likeness (QED) is 0.382. The van der Waals surface area contributed by atoms with Crippen LogP contribution in [0.4, 0.5) is 11.6 Å². The Balaban J connectivity index is 0.00000180. The Morgan fingerprint density at radius 1 is 1.15 bits per heavy atom. The molecule has 0 saturated carbocycles. The van der Waals surface area contributed by atoms with Crippen LogP contribution in [0.2, 0.25) is 0 Å². The van der Waals surface area contributed by atoms with E-state index in [-0.39, 0.29) is 8.76 Å². The molecule has 4 aromatic rings. The molecule has 1 fully saturated rings. The number of benzene rings is 3. The highest BCUT2D eigenvalue weighted by atomic mass is 16.5. The van der Waals surface area contributed by atoms with Crippen molar-refractivity contribution in [3.63, 3.8) is 0 Å². The normalized spacial score (nSPS) is 15.4. The molecule has 0 radical (unpaired) electrons. The summed E-state index contributed by atoms with van der Waals surface area (Å²) >= 11 is 0. The Labute approximate surface area is 201 Å². The van der Waals surface area contributed by atoms with Crippen LogP contribution in [0.5, 0.6) is 11.5 Å². The van der Waals surface area contributed by atoms with Crippen LogP contribution in [0, 0.1) is 6.92 Å². The van der Waals surface area contributed by atoms with Crippen LogP contribution < -0.4 is 15.4 Å². The fourth-order valence-corrected chi connectivity index (χ4v) is 4.40. The Bertz CT molecular complexity index is 1370. The van der Waals surface area contributed by atoms with Gasteiger partial charge in [0.15, 0.2) is 0 Å². The highest BCUT2D eigenvalue weighted by Crippen LogP contribution is 2.32. The minimum atomic E-state index is -0.152. The third-order valence-corrected chi connectivity index (χ3v) is 6.32. The van der Waals surface area contributed by atoms with Gasteiger partial charge in [-0.15, -0.1) is 0 Å². The molecule has 1 saturated heterocycles. The van der Waals surface area contributed by atoms with E-state index in [9.17, 15) is 4.79 Å². The first-order valence-corrected chi connectivity index (χ1v) is 11.4. The number of imidazole rings is 1. The lowest BCUT2D eigenvalue weighted by Gasteiger charge is -2.14. The number of hydrogen-bond donors (Lipinski definition) is 2. The van der Waals surface area contributed by atoms with E-state index >= 15 is 0 Å². The molecule has 2 heterocycles. The van der Waals surface area contributed by atoms with Crippen molar-refractivity contribution in [3.8, 4) is 11.5 Å². The van der Waals surface area contributed by atoms with Gasteiger partial charge < -0.3 is 24.7 Å². The van der Waals surface area contributed by atoms with Crippen LogP contribution in [-0.4, -0.2) is 35.7 Å². The minimum Gasteiger partial charge on any atom is -0.457 e. The number of amides is 1. The van der Waals surface area contributed by atoms with E-state index in [1.165, 1.54) is 11.1 Å². The van der Waals surface area contributed by atoms with Gasteiger partial charge in [0.25, 0.3) is 5.91 Å². The van der Waals surface area contributed by atoms with E-state index < -0.39 is 0 Å². The highest BCUT2D eigenvalue weighted by molar-refractivity contribution is 5.94. The summed E-state index contributed by atoms with van der Waals surface area (Å²) in [5.74, 6) is 2.30. The average Bonchev–Trinajstić information content (AvgIpc) is 3.48. The average molecular weight is 461 g/mol. The molecule has 1 aliphatic rings. The third kappa shape index (κ3) is 4.34. The molecular formula is C27H32N4O3. The zero-order valence-electron chi connectivity index (χ0n) is 19.6. The first kappa shape index (κ1) is 22.0. The largest absolute Gasteiger partial charge is 0.457 e. The molecule has 0 spiro atoms. The van der Waals surface area contributed by atoms with Gasteiger partial charge in [-0.1, -0.05) is 12.1 Å². The summed E-state index contributed by atoms with van der Waals surface area (Å²) in [4.78, 5) is 16.7. The number of hydrogen-bond acceptors (Lipinski definition) is 5. The summed E-state index contributed by atoms with van der Waals surface area (Å²) in [5.41, 5.74) is 5.98. The van der Waals surface area contributed by atoms with Crippen molar-refractivity contribution in [3.05, 3.63) is 77.4 Å². The van der Waals surface area contributed by atoms with E-state index in [2.05, 4.69) is 35.8 Å². The van der Waals surface area contributed by atoms with E-state index in [4.69, 9.17) is 14.5 Å². The van der Waals surface area contributed by atoms with E-state index in [0.717, 1.165) is 42.3 Å². The summed E-state index contributed by atoms with van der Waals surface area (Å²) in [6.45, 7) is 3.76. The topological polar surface area (TPSA) is 77.4 Å². The first-order chi connectivity index (χ1) is 16.5. The van der Waals surface area contributed by atoms with Gasteiger partial charge in [0.2, 0.25) is 5.95 Å². The van der Waals surface area contributed by atoms with Gasteiger partial charge >= 0.3 is 0 Å². The molecule has 1 unspecified atom stereocenters. The molecule has 0 aliphatic carbocycles. The van der Waals surface area contributed by atoms with E-state index in [1.54, 1.807) is 25.2 Å². The number of aromatic nitrogens is 2. The van der Waals surface area contributed by atoms with E-state index in [1.807, 2.05) is 35.9 Å².